The van der Waals surface area contributed by atoms with Crippen LogP contribution in [0.25, 0.3) is 0 Å². The Bertz CT molecular complexity index is 813. The van der Waals surface area contributed by atoms with Crippen LogP contribution in [0.4, 0.5) is 0 Å². The predicted octanol–water partition coefficient (Wildman–Crippen LogP) is 6.71. The van der Waals surface area contributed by atoms with Gasteiger partial charge in [0.05, 0.1) is 0 Å². The quantitative estimate of drug-likeness (QED) is 0.411. The van der Waals surface area contributed by atoms with E-state index in [9.17, 15) is 0 Å². The monoisotopic (exact) mass is 360 g/mol. The number of benzene rings is 3. The maximum atomic E-state index is 2.58. The molecule has 0 N–H and O–H groups in total. The maximum Gasteiger partial charge on any atom is 0.0137 e. The van der Waals surface area contributed by atoms with Crippen LogP contribution in [0.3, 0.4) is 0 Å². The van der Waals surface area contributed by atoms with Crippen LogP contribution in [0.5, 0.6) is 0 Å². The van der Waals surface area contributed by atoms with Gasteiger partial charge in [0.2, 0.25) is 0 Å². The summed E-state index contributed by atoms with van der Waals surface area (Å²) in [5.74, 6) is 2.30. The Morgan fingerprint density at radius 3 is 1.69 bits per heavy atom. The highest BCUT2D eigenvalue weighted by Crippen LogP contribution is 2.28. The van der Waals surface area contributed by atoms with Gasteiger partial charge in [-0.1, -0.05) is 84.2 Å². The van der Waals surface area contributed by atoms with Crippen molar-refractivity contribution in [2.45, 2.75) is 38.2 Å². The van der Waals surface area contributed by atoms with E-state index in [4.69, 9.17) is 0 Å². The molecule has 3 aromatic carbocycles. The molecular formula is C25H28S. The van der Waals surface area contributed by atoms with Crippen molar-refractivity contribution >= 4 is 15.9 Å². The lowest BCUT2D eigenvalue weighted by molar-refractivity contribution is 1.06. The van der Waals surface area contributed by atoms with Crippen molar-refractivity contribution < 1.29 is 0 Å². The molecule has 0 aliphatic rings. The van der Waals surface area contributed by atoms with E-state index < -0.39 is 0 Å². The van der Waals surface area contributed by atoms with Gasteiger partial charge in [0.15, 0.2) is 0 Å². The number of hydrogen-bond donors (Lipinski definition) is 0. The van der Waals surface area contributed by atoms with Crippen molar-refractivity contribution in [2.75, 3.05) is 0 Å². The van der Waals surface area contributed by atoms with Crippen molar-refractivity contribution in [3.63, 3.8) is 0 Å². The van der Waals surface area contributed by atoms with Crippen LogP contribution >= 0.6 is 10.5 Å². The van der Waals surface area contributed by atoms with E-state index in [1.54, 1.807) is 0 Å². The molecule has 0 heterocycles. The third-order valence-electron chi connectivity index (χ3n) is 4.83. The van der Waals surface area contributed by atoms with Crippen molar-refractivity contribution in [2.24, 2.45) is 0 Å². The molecule has 3 aromatic rings. The zero-order chi connectivity index (χ0) is 18.2. The number of hydrogen-bond acceptors (Lipinski definition) is 0. The Morgan fingerprint density at radius 2 is 1.15 bits per heavy atom. The van der Waals surface area contributed by atoms with Crippen LogP contribution in [0.15, 0.2) is 78.9 Å². The number of aryl methyl sites for hydroxylation is 3. The largest absolute Gasteiger partial charge is 0.181 e. The Labute approximate surface area is 160 Å². The molecule has 0 fully saturated rings. The van der Waals surface area contributed by atoms with Crippen LogP contribution in [-0.2, 0) is 17.9 Å². The summed E-state index contributed by atoms with van der Waals surface area (Å²) in [5, 5.41) is 2.58. The molecule has 0 atom stereocenters. The van der Waals surface area contributed by atoms with Gasteiger partial charge >= 0.3 is 0 Å². The van der Waals surface area contributed by atoms with E-state index in [0.717, 1.165) is 24.3 Å². The van der Waals surface area contributed by atoms with Crippen LogP contribution in [0.1, 0.15) is 34.2 Å². The van der Waals surface area contributed by atoms with E-state index in [2.05, 4.69) is 98.1 Å². The summed E-state index contributed by atoms with van der Waals surface area (Å²) < 4.78 is 0. The number of rotatable bonds is 7. The fourth-order valence-corrected chi connectivity index (χ4v) is 5.39. The van der Waals surface area contributed by atoms with Gasteiger partial charge in [0.1, 0.15) is 0 Å². The standard InChI is InChI=1S/C25H28S/c1-21-11-6-8-16-24(21)19-26(20-25-17-9-7-12-22(25)2)18-10-15-23-13-4-3-5-14-23/h3-9,11-14,16-18H,10,15,19-20H2,1-2H3. The molecule has 134 valence electrons. The zero-order valence-electron chi connectivity index (χ0n) is 15.8. The summed E-state index contributed by atoms with van der Waals surface area (Å²) in [5.41, 5.74) is 7.22. The predicted molar refractivity (Wildman–Crippen MR) is 118 cm³/mol. The molecule has 0 aromatic heterocycles. The SMILES string of the molecule is Cc1ccccc1CS(=CCCc1ccccc1)Cc1ccccc1C. The molecule has 0 aliphatic heterocycles. The Balaban J connectivity index is 1.77. The minimum absolute atomic E-state index is 0.254. The lowest BCUT2D eigenvalue weighted by atomic mass is 10.1. The highest BCUT2D eigenvalue weighted by atomic mass is 32.2. The van der Waals surface area contributed by atoms with Gasteiger partial charge < -0.3 is 0 Å². The zero-order valence-corrected chi connectivity index (χ0v) is 16.6. The van der Waals surface area contributed by atoms with E-state index in [1.807, 2.05) is 0 Å². The second-order valence-corrected chi connectivity index (χ2v) is 8.86. The van der Waals surface area contributed by atoms with E-state index in [1.165, 1.54) is 27.8 Å². The second-order valence-electron chi connectivity index (χ2n) is 6.87. The maximum absolute atomic E-state index is 2.58. The highest BCUT2D eigenvalue weighted by molar-refractivity contribution is 8.13. The molecule has 26 heavy (non-hydrogen) atoms. The van der Waals surface area contributed by atoms with Gasteiger partial charge in [0.25, 0.3) is 0 Å². The average molecular weight is 361 g/mol. The average Bonchev–Trinajstić information content (AvgIpc) is 2.66. The van der Waals surface area contributed by atoms with E-state index in [0.29, 0.717) is 0 Å². The Hall–Kier alpha value is -2.12. The summed E-state index contributed by atoms with van der Waals surface area (Å²) >= 11 is 0. The van der Waals surface area contributed by atoms with Gasteiger partial charge in [-0.25, -0.2) is 0 Å². The first-order valence-corrected chi connectivity index (χ1v) is 11.0. The van der Waals surface area contributed by atoms with Crippen molar-refractivity contribution in [1.82, 2.24) is 0 Å². The van der Waals surface area contributed by atoms with Crippen molar-refractivity contribution in [3.05, 3.63) is 107 Å². The molecule has 0 radical (unpaired) electrons. The van der Waals surface area contributed by atoms with Crippen LogP contribution in [-0.4, -0.2) is 5.37 Å². The normalized spacial score (nSPS) is 10.9. The first kappa shape index (κ1) is 18.7. The molecule has 3 rings (SSSR count). The molecule has 0 spiro atoms. The summed E-state index contributed by atoms with van der Waals surface area (Å²) in [7, 11) is 0.254. The summed E-state index contributed by atoms with van der Waals surface area (Å²) in [4.78, 5) is 0. The minimum Gasteiger partial charge on any atom is -0.181 e. The molecule has 0 unspecified atom stereocenters. The van der Waals surface area contributed by atoms with Gasteiger partial charge in [-0.2, -0.15) is 10.5 Å². The molecule has 0 aliphatic carbocycles. The minimum atomic E-state index is 0.254. The second kappa shape index (κ2) is 9.54. The first-order chi connectivity index (χ1) is 12.7. The smallest absolute Gasteiger partial charge is 0.0137 e. The molecule has 1 heteroatoms. The third kappa shape index (κ3) is 5.44. The lowest BCUT2D eigenvalue weighted by Crippen LogP contribution is -1.95. The molecule has 0 saturated heterocycles. The Morgan fingerprint density at radius 1 is 0.654 bits per heavy atom. The van der Waals surface area contributed by atoms with Gasteiger partial charge in [-0.05, 0) is 54.5 Å². The van der Waals surface area contributed by atoms with Crippen molar-refractivity contribution in [1.29, 1.82) is 0 Å². The molecule has 0 amide bonds. The van der Waals surface area contributed by atoms with Gasteiger partial charge in [-0.15, -0.1) is 0 Å². The summed E-state index contributed by atoms with van der Waals surface area (Å²) in [6, 6.07) is 28.5. The molecule has 0 bridgehead atoms. The molecule has 0 nitrogen and oxygen atoms in total. The van der Waals surface area contributed by atoms with Gasteiger partial charge in [-0.3, -0.25) is 0 Å². The fraction of sp³-hybridized carbons (Fsp3) is 0.240. The van der Waals surface area contributed by atoms with E-state index >= 15 is 0 Å². The van der Waals surface area contributed by atoms with Crippen LogP contribution in [0.2, 0.25) is 0 Å². The summed E-state index contributed by atoms with van der Waals surface area (Å²) in [6.07, 6.45) is 2.27. The lowest BCUT2D eigenvalue weighted by Gasteiger charge is -2.14. The Kier molecular flexibility index (Phi) is 6.85. The summed E-state index contributed by atoms with van der Waals surface area (Å²) in [6.45, 7) is 4.46. The van der Waals surface area contributed by atoms with E-state index in [-0.39, 0.29) is 10.5 Å². The first-order valence-electron chi connectivity index (χ1n) is 9.35. The molecule has 0 saturated carbocycles. The van der Waals surface area contributed by atoms with Crippen molar-refractivity contribution in [3.8, 4) is 0 Å². The molecular weight excluding hydrogens is 332 g/mol. The topological polar surface area (TPSA) is 0 Å². The van der Waals surface area contributed by atoms with Crippen LogP contribution in [0, 0.1) is 13.8 Å². The third-order valence-corrected chi connectivity index (χ3v) is 6.90. The highest BCUT2D eigenvalue weighted by Gasteiger charge is 2.05. The van der Waals surface area contributed by atoms with Crippen LogP contribution < -0.4 is 0 Å². The van der Waals surface area contributed by atoms with Gasteiger partial charge in [0, 0.05) is 11.5 Å². The fourth-order valence-electron chi connectivity index (χ4n) is 3.15.